The van der Waals surface area contributed by atoms with Crippen LogP contribution in [0.1, 0.15) is 17.7 Å². The number of aromatic nitrogens is 4. The van der Waals surface area contributed by atoms with Crippen molar-refractivity contribution in [3.63, 3.8) is 0 Å². The summed E-state index contributed by atoms with van der Waals surface area (Å²) in [6.07, 6.45) is 6.75. The summed E-state index contributed by atoms with van der Waals surface area (Å²) in [5, 5.41) is 6.92. The van der Waals surface area contributed by atoms with Crippen LogP contribution in [0.15, 0.2) is 35.2 Å². The molecule has 0 saturated heterocycles. The van der Waals surface area contributed by atoms with E-state index in [0.717, 1.165) is 22.6 Å². The van der Waals surface area contributed by atoms with Crippen LogP contribution in [0.5, 0.6) is 0 Å². The van der Waals surface area contributed by atoms with Gasteiger partial charge in [-0.05, 0) is 25.0 Å². The van der Waals surface area contributed by atoms with Crippen LogP contribution < -0.4 is 5.32 Å². The molecule has 23 heavy (non-hydrogen) atoms. The van der Waals surface area contributed by atoms with Crippen LogP contribution in [0.3, 0.4) is 0 Å². The van der Waals surface area contributed by atoms with Crippen LogP contribution in [0.2, 0.25) is 0 Å². The van der Waals surface area contributed by atoms with E-state index in [1.54, 1.807) is 18.6 Å². The summed E-state index contributed by atoms with van der Waals surface area (Å²) in [5.74, 6) is 1.21. The number of carbonyl (C=O) groups excluding carboxylic acids is 1. The molecule has 0 aromatic carbocycles. The number of nitrogens with zero attached hydrogens (tertiary/aromatic N) is 4. The van der Waals surface area contributed by atoms with Crippen molar-refractivity contribution < 1.29 is 9.32 Å². The average molecular weight is 327 g/mol. The maximum atomic E-state index is 11.7. The first-order valence-electron chi connectivity index (χ1n) is 7.26. The highest BCUT2D eigenvalue weighted by molar-refractivity contribution is 7.15. The number of hydrogen-bond acceptors (Lipinski definition) is 7. The molecule has 1 aliphatic carbocycles. The number of amides is 1. The highest BCUT2D eigenvalue weighted by Gasteiger charge is 2.29. The van der Waals surface area contributed by atoms with Gasteiger partial charge in [0, 0.05) is 23.2 Å². The van der Waals surface area contributed by atoms with E-state index in [4.69, 9.17) is 4.52 Å². The van der Waals surface area contributed by atoms with Gasteiger partial charge in [-0.25, -0.2) is 4.98 Å². The molecule has 3 aromatic rings. The van der Waals surface area contributed by atoms with E-state index in [-0.39, 0.29) is 11.8 Å². The quantitative estimate of drug-likeness (QED) is 0.772. The third-order valence-electron chi connectivity index (χ3n) is 3.48. The van der Waals surface area contributed by atoms with E-state index in [0.29, 0.717) is 24.0 Å². The monoisotopic (exact) mass is 327 g/mol. The number of nitrogens with one attached hydrogen (secondary N) is 1. The Balaban J connectivity index is 1.46. The summed E-state index contributed by atoms with van der Waals surface area (Å²) in [7, 11) is 0. The Hall–Kier alpha value is -2.61. The van der Waals surface area contributed by atoms with E-state index >= 15 is 0 Å². The standard InChI is InChI=1S/C15H13N5O2S/c21-14(9-1-2-9)18-7-10-3-4-12(23-10)13-19-15(22-20-13)11-8-16-5-6-17-11/h3-6,8-9H,1-2,7H2,(H,18,21). The topological polar surface area (TPSA) is 93.8 Å². The molecule has 0 radical (unpaired) electrons. The zero-order valence-corrected chi connectivity index (χ0v) is 12.9. The molecular formula is C15H13N5O2S. The van der Waals surface area contributed by atoms with E-state index in [2.05, 4.69) is 25.4 Å². The molecule has 8 heteroatoms. The van der Waals surface area contributed by atoms with Crippen LogP contribution in [-0.2, 0) is 11.3 Å². The molecule has 1 fully saturated rings. The van der Waals surface area contributed by atoms with Crippen molar-refractivity contribution in [3.05, 3.63) is 35.6 Å². The van der Waals surface area contributed by atoms with Crippen molar-refractivity contribution in [2.45, 2.75) is 19.4 Å². The van der Waals surface area contributed by atoms with Gasteiger partial charge in [-0.1, -0.05) is 5.16 Å². The summed E-state index contributed by atoms with van der Waals surface area (Å²) in [4.78, 5) is 26.0. The van der Waals surface area contributed by atoms with Crippen molar-refractivity contribution >= 4 is 17.2 Å². The third-order valence-corrected chi connectivity index (χ3v) is 4.56. The molecule has 1 aliphatic rings. The maximum absolute atomic E-state index is 11.7. The molecule has 1 N–H and O–H groups in total. The van der Waals surface area contributed by atoms with Crippen molar-refractivity contribution in [1.29, 1.82) is 0 Å². The lowest BCUT2D eigenvalue weighted by Gasteiger charge is -2.00. The Morgan fingerprint density at radius 2 is 2.26 bits per heavy atom. The average Bonchev–Trinajstić information content (AvgIpc) is 3.14. The van der Waals surface area contributed by atoms with Gasteiger partial charge in [0.2, 0.25) is 11.7 Å². The van der Waals surface area contributed by atoms with Crippen LogP contribution in [0.4, 0.5) is 0 Å². The predicted octanol–water partition coefficient (Wildman–Crippen LogP) is 2.28. The van der Waals surface area contributed by atoms with Gasteiger partial charge in [0.05, 0.1) is 17.6 Å². The summed E-state index contributed by atoms with van der Waals surface area (Å²) < 4.78 is 5.23. The number of carbonyl (C=O) groups is 1. The number of rotatable bonds is 5. The first-order valence-corrected chi connectivity index (χ1v) is 8.08. The normalized spacial score (nSPS) is 13.9. The second kappa shape index (κ2) is 5.88. The minimum Gasteiger partial charge on any atom is -0.351 e. The van der Waals surface area contributed by atoms with Gasteiger partial charge in [0.25, 0.3) is 5.89 Å². The zero-order valence-electron chi connectivity index (χ0n) is 12.1. The van der Waals surface area contributed by atoms with Crippen LogP contribution in [-0.4, -0.2) is 26.0 Å². The van der Waals surface area contributed by atoms with E-state index in [1.807, 2.05) is 12.1 Å². The van der Waals surface area contributed by atoms with E-state index in [9.17, 15) is 4.79 Å². The van der Waals surface area contributed by atoms with Crippen molar-refractivity contribution in [1.82, 2.24) is 25.4 Å². The summed E-state index contributed by atoms with van der Waals surface area (Å²) >= 11 is 1.53. The zero-order chi connectivity index (χ0) is 15.6. The Morgan fingerprint density at radius 1 is 1.35 bits per heavy atom. The SMILES string of the molecule is O=C(NCc1ccc(-c2noc(-c3cnccn3)n2)s1)C1CC1. The number of thiophene rings is 1. The van der Waals surface area contributed by atoms with Crippen LogP contribution in [0, 0.1) is 5.92 Å². The third kappa shape index (κ3) is 3.11. The molecule has 1 saturated carbocycles. The summed E-state index contributed by atoms with van der Waals surface area (Å²) in [6, 6.07) is 3.89. The molecule has 0 spiro atoms. The highest BCUT2D eigenvalue weighted by Crippen LogP contribution is 2.30. The lowest BCUT2D eigenvalue weighted by atomic mass is 10.3. The fourth-order valence-electron chi connectivity index (χ4n) is 2.09. The second-order valence-electron chi connectivity index (χ2n) is 5.27. The molecule has 0 unspecified atom stereocenters. The van der Waals surface area contributed by atoms with Gasteiger partial charge >= 0.3 is 0 Å². The molecule has 7 nitrogen and oxygen atoms in total. The van der Waals surface area contributed by atoms with Crippen LogP contribution >= 0.6 is 11.3 Å². The van der Waals surface area contributed by atoms with Gasteiger partial charge in [-0.3, -0.25) is 9.78 Å². The van der Waals surface area contributed by atoms with Gasteiger partial charge in [-0.15, -0.1) is 11.3 Å². The predicted molar refractivity (Wildman–Crippen MR) is 83.2 cm³/mol. The Bertz CT molecular complexity index is 825. The smallest absolute Gasteiger partial charge is 0.278 e. The van der Waals surface area contributed by atoms with Gasteiger partial charge in [0.1, 0.15) is 5.69 Å². The Morgan fingerprint density at radius 3 is 3.04 bits per heavy atom. The highest BCUT2D eigenvalue weighted by atomic mass is 32.1. The fourth-order valence-corrected chi connectivity index (χ4v) is 2.97. The molecule has 0 aliphatic heterocycles. The minimum absolute atomic E-state index is 0.143. The molecular weight excluding hydrogens is 314 g/mol. The molecule has 116 valence electrons. The Labute approximate surface area is 135 Å². The Kier molecular flexibility index (Phi) is 3.58. The lowest BCUT2D eigenvalue weighted by molar-refractivity contribution is -0.122. The van der Waals surface area contributed by atoms with Gasteiger partial charge in [-0.2, -0.15) is 4.98 Å². The van der Waals surface area contributed by atoms with Crippen molar-refractivity contribution in [2.75, 3.05) is 0 Å². The van der Waals surface area contributed by atoms with Gasteiger partial charge in [0.15, 0.2) is 0 Å². The first-order chi connectivity index (χ1) is 11.3. The van der Waals surface area contributed by atoms with Gasteiger partial charge < -0.3 is 9.84 Å². The van der Waals surface area contributed by atoms with E-state index in [1.165, 1.54) is 11.3 Å². The largest absolute Gasteiger partial charge is 0.351 e. The molecule has 3 heterocycles. The van der Waals surface area contributed by atoms with Crippen LogP contribution in [0.25, 0.3) is 22.3 Å². The molecule has 4 rings (SSSR count). The lowest BCUT2D eigenvalue weighted by Crippen LogP contribution is -2.23. The van der Waals surface area contributed by atoms with Crippen molar-refractivity contribution in [3.8, 4) is 22.3 Å². The molecule has 1 amide bonds. The molecule has 3 aromatic heterocycles. The molecule has 0 bridgehead atoms. The van der Waals surface area contributed by atoms with Crippen molar-refractivity contribution in [2.24, 2.45) is 5.92 Å². The van der Waals surface area contributed by atoms with E-state index < -0.39 is 0 Å². The summed E-state index contributed by atoms with van der Waals surface area (Å²) in [6.45, 7) is 0.537. The maximum Gasteiger partial charge on any atom is 0.278 e. The first kappa shape index (κ1) is 14.0. The fraction of sp³-hybridized carbons (Fsp3) is 0.267. The second-order valence-corrected chi connectivity index (χ2v) is 6.44. The summed E-state index contributed by atoms with van der Waals surface area (Å²) in [5.41, 5.74) is 0.541. The minimum atomic E-state index is 0.143. The number of hydrogen-bond donors (Lipinski definition) is 1. The molecule has 0 atom stereocenters.